The topological polar surface area (TPSA) is 75.4 Å². The number of likely N-dealkylation sites (tertiary alicyclic amines) is 1. The molecule has 0 bridgehead atoms. The minimum atomic E-state index is -0.267. The van der Waals surface area contributed by atoms with Gasteiger partial charge in [0, 0.05) is 12.2 Å². The molecule has 0 aliphatic carbocycles. The number of carbonyl (C=O) groups is 2. The third-order valence-corrected chi connectivity index (χ3v) is 4.47. The summed E-state index contributed by atoms with van der Waals surface area (Å²) in [6, 6.07) is 6.07. The van der Waals surface area contributed by atoms with Crippen LogP contribution in [0.1, 0.15) is 43.7 Å². The Labute approximate surface area is 138 Å². The number of aryl methyl sites for hydroxylation is 1. The molecule has 2 amide bonds. The molecule has 0 spiro atoms. The molecule has 1 fully saturated rings. The van der Waals surface area contributed by atoms with Gasteiger partial charge in [-0.15, -0.1) is 0 Å². The summed E-state index contributed by atoms with van der Waals surface area (Å²) in [5, 5.41) is 3.05. The van der Waals surface area contributed by atoms with E-state index in [9.17, 15) is 9.59 Å². The van der Waals surface area contributed by atoms with Crippen molar-refractivity contribution in [3.63, 3.8) is 0 Å². The van der Waals surface area contributed by atoms with Crippen LogP contribution in [0.5, 0.6) is 0 Å². The van der Waals surface area contributed by atoms with Crippen LogP contribution in [0.3, 0.4) is 0 Å². The van der Waals surface area contributed by atoms with Gasteiger partial charge in [-0.2, -0.15) is 0 Å². The molecule has 1 atom stereocenters. The number of rotatable bonds is 5. The maximum absolute atomic E-state index is 12.4. The molecule has 5 heteroatoms. The van der Waals surface area contributed by atoms with E-state index in [4.69, 9.17) is 5.73 Å². The van der Waals surface area contributed by atoms with E-state index in [-0.39, 0.29) is 17.7 Å². The van der Waals surface area contributed by atoms with Crippen molar-refractivity contribution in [2.45, 2.75) is 39.5 Å². The lowest BCUT2D eigenvalue weighted by atomic mass is 9.97. The smallest absolute Gasteiger partial charge is 0.238 e. The molecule has 0 radical (unpaired) electrons. The van der Waals surface area contributed by atoms with Gasteiger partial charge in [0.15, 0.2) is 0 Å². The first-order valence-corrected chi connectivity index (χ1v) is 8.29. The van der Waals surface area contributed by atoms with Crippen LogP contribution >= 0.6 is 0 Å². The highest BCUT2D eigenvalue weighted by atomic mass is 16.2. The maximum Gasteiger partial charge on any atom is 0.238 e. The summed E-state index contributed by atoms with van der Waals surface area (Å²) >= 11 is 0. The molecule has 1 saturated heterocycles. The molecule has 1 heterocycles. The Hall–Kier alpha value is -1.88. The van der Waals surface area contributed by atoms with Crippen LogP contribution in [0.15, 0.2) is 18.2 Å². The lowest BCUT2D eigenvalue weighted by Gasteiger charge is -2.30. The van der Waals surface area contributed by atoms with E-state index in [1.807, 2.05) is 24.0 Å². The number of nitrogens with two attached hydrogens (primary N) is 1. The van der Waals surface area contributed by atoms with Gasteiger partial charge in [-0.3, -0.25) is 14.5 Å². The first-order chi connectivity index (χ1) is 10.9. The second-order valence-corrected chi connectivity index (χ2v) is 6.72. The van der Waals surface area contributed by atoms with Crippen molar-refractivity contribution in [3.8, 4) is 0 Å². The number of primary amides is 1. The van der Waals surface area contributed by atoms with E-state index < -0.39 is 0 Å². The van der Waals surface area contributed by atoms with Gasteiger partial charge < -0.3 is 11.1 Å². The van der Waals surface area contributed by atoms with E-state index in [1.54, 1.807) is 0 Å². The van der Waals surface area contributed by atoms with Gasteiger partial charge in [-0.25, -0.2) is 0 Å². The zero-order valence-electron chi connectivity index (χ0n) is 14.3. The van der Waals surface area contributed by atoms with Crippen molar-refractivity contribution in [1.82, 2.24) is 4.90 Å². The summed E-state index contributed by atoms with van der Waals surface area (Å²) in [7, 11) is 0. The predicted molar refractivity (Wildman–Crippen MR) is 92.3 cm³/mol. The number of carbonyl (C=O) groups excluding carboxylic acids is 2. The molecule has 23 heavy (non-hydrogen) atoms. The molecule has 1 aliphatic rings. The van der Waals surface area contributed by atoms with Crippen molar-refractivity contribution in [2.75, 3.05) is 25.0 Å². The Balaban J connectivity index is 2.01. The normalized spacial score (nSPS) is 18.9. The molecule has 0 aromatic heterocycles. The van der Waals surface area contributed by atoms with Crippen molar-refractivity contribution >= 4 is 17.5 Å². The summed E-state index contributed by atoms with van der Waals surface area (Å²) in [5.41, 5.74) is 8.52. The molecule has 3 N–H and O–H groups in total. The first-order valence-electron chi connectivity index (χ1n) is 8.29. The van der Waals surface area contributed by atoms with Crippen LogP contribution in [0.2, 0.25) is 0 Å². The Kier molecular flexibility index (Phi) is 5.77. The van der Waals surface area contributed by atoms with Gasteiger partial charge in [0.2, 0.25) is 11.8 Å². The lowest BCUT2D eigenvalue weighted by Crippen LogP contribution is -2.44. The molecule has 5 nitrogen and oxygen atoms in total. The second-order valence-electron chi connectivity index (χ2n) is 6.72. The highest BCUT2D eigenvalue weighted by molar-refractivity contribution is 5.94. The number of nitrogens with one attached hydrogen (secondary N) is 1. The largest absolute Gasteiger partial charge is 0.369 e. The molecule has 2 rings (SSSR count). The van der Waals surface area contributed by atoms with Gasteiger partial charge in [0.1, 0.15) is 0 Å². The molecular formula is C18H27N3O2. The highest BCUT2D eigenvalue weighted by Crippen LogP contribution is 2.27. The summed E-state index contributed by atoms with van der Waals surface area (Å²) in [4.78, 5) is 25.8. The van der Waals surface area contributed by atoms with Crippen molar-refractivity contribution < 1.29 is 9.59 Å². The van der Waals surface area contributed by atoms with Crippen LogP contribution in [0.25, 0.3) is 0 Å². The SMILES string of the molecule is Cc1cccc(C(C)C)c1NC(=O)CN1CCC[C@@H](C(N)=O)C1. The van der Waals surface area contributed by atoms with Gasteiger partial charge >= 0.3 is 0 Å². The van der Waals surface area contributed by atoms with Crippen LogP contribution in [0.4, 0.5) is 5.69 Å². The van der Waals surface area contributed by atoms with E-state index in [0.717, 1.165) is 36.2 Å². The fourth-order valence-electron chi connectivity index (χ4n) is 3.16. The fraction of sp³-hybridized carbons (Fsp3) is 0.556. The average molecular weight is 317 g/mol. The second kappa shape index (κ2) is 7.59. The van der Waals surface area contributed by atoms with Crippen molar-refractivity contribution in [1.29, 1.82) is 0 Å². The quantitative estimate of drug-likeness (QED) is 0.874. The van der Waals surface area contributed by atoms with Crippen LogP contribution in [0, 0.1) is 12.8 Å². The molecule has 126 valence electrons. The minimum Gasteiger partial charge on any atom is -0.369 e. The molecule has 0 unspecified atom stereocenters. The van der Waals surface area contributed by atoms with Gasteiger partial charge in [0.25, 0.3) is 0 Å². The lowest BCUT2D eigenvalue weighted by molar-refractivity contribution is -0.125. The van der Waals surface area contributed by atoms with Gasteiger partial charge in [0.05, 0.1) is 12.5 Å². The van der Waals surface area contributed by atoms with Crippen LogP contribution in [-0.2, 0) is 9.59 Å². The Morgan fingerprint density at radius 3 is 2.78 bits per heavy atom. The predicted octanol–water partition coefficient (Wildman–Crippen LogP) is 2.25. The molecule has 1 aliphatic heterocycles. The number of hydrogen-bond donors (Lipinski definition) is 2. The third kappa shape index (κ3) is 4.55. The summed E-state index contributed by atoms with van der Waals surface area (Å²) in [6.07, 6.45) is 1.73. The first kappa shape index (κ1) is 17.5. The number of nitrogens with zero attached hydrogens (tertiary/aromatic N) is 1. The number of piperidine rings is 1. The number of anilines is 1. The zero-order chi connectivity index (χ0) is 17.0. The van der Waals surface area contributed by atoms with E-state index in [0.29, 0.717) is 19.0 Å². The Morgan fingerprint density at radius 2 is 2.13 bits per heavy atom. The van der Waals surface area contributed by atoms with Crippen molar-refractivity contribution in [3.05, 3.63) is 29.3 Å². The summed E-state index contributed by atoms with van der Waals surface area (Å²) in [5.74, 6) is -0.0944. The maximum atomic E-state index is 12.4. The molecule has 1 aromatic rings. The number of hydrogen-bond acceptors (Lipinski definition) is 3. The summed E-state index contributed by atoms with van der Waals surface area (Å²) < 4.78 is 0. The van der Waals surface area contributed by atoms with Crippen molar-refractivity contribution in [2.24, 2.45) is 11.7 Å². The highest BCUT2D eigenvalue weighted by Gasteiger charge is 2.25. The fourth-order valence-corrected chi connectivity index (χ4v) is 3.16. The zero-order valence-corrected chi connectivity index (χ0v) is 14.3. The number of amides is 2. The molecule has 1 aromatic carbocycles. The number of para-hydroxylation sites is 1. The van der Waals surface area contributed by atoms with Crippen LogP contribution in [-0.4, -0.2) is 36.3 Å². The van der Waals surface area contributed by atoms with E-state index >= 15 is 0 Å². The van der Waals surface area contributed by atoms with Crippen LogP contribution < -0.4 is 11.1 Å². The monoisotopic (exact) mass is 317 g/mol. The third-order valence-electron chi connectivity index (χ3n) is 4.47. The molecule has 0 saturated carbocycles. The average Bonchev–Trinajstić information content (AvgIpc) is 2.49. The molecular weight excluding hydrogens is 290 g/mol. The Bertz CT molecular complexity index is 584. The van der Waals surface area contributed by atoms with Gasteiger partial charge in [-0.1, -0.05) is 32.0 Å². The summed E-state index contributed by atoms with van der Waals surface area (Å²) in [6.45, 7) is 7.95. The number of benzene rings is 1. The van der Waals surface area contributed by atoms with E-state index in [2.05, 4.69) is 25.2 Å². The minimum absolute atomic E-state index is 0.0358. The van der Waals surface area contributed by atoms with Gasteiger partial charge in [-0.05, 0) is 43.4 Å². The standard InChI is InChI=1S/C18H27N3O2/c1-12(2)15-8-4-6-13(3)17(15)20-16(22)11-21-9-5-7-14(10-21)18(19)23/h4,6,8,12,14H,5,7,9-11H2,1-3H3,(H2,19,23)(H,20,22)/t14-/m1/s1. The van der Waals surface area contributed by atoms with E-state index in [1.165, 1.54) is 0 Å². The Morgan fingerprint density at radius 1 is 1.39 bits per heavy atom.